The van der Waals surface area contributed by atoms with E-state index in [4.69, 9.17) is 13.9 Å². The van der Waals surface area contributed by atoms with Gasteiger partial charge in [0.1, 0.15) is 23.9 Å². The third-order valence-corrected chi connectivity index (χ3v) is 4.81. The molecule has 1 amide bonds. The fourth-order valence-corrected chi connectivity index (χ4v) is 3.13. The molecule has 6 heteroatoms. The lowest BCUT2D eigenvalue weighted by Crippen LogP contribution is -2.35. The van der Waals surface area contributed by atoms with E-state index in [0.29, 0.717) is 31.0 Å². The Labute approximate surface area is 160 Å². The molecule has 27 heavy (non-hydrogen) atoms. The molecule has 146 valence electrons. The Hall–Kier alpha value is -2.31. The van der Waals surface area contributed by atoms with Gasteiger partial charge in [-0.1, -0.05) is 18.2 Å². The smallest absolute Gasteiger partial charge is 0.257 e. The Morgan fingerprint density at radius 2 is 1.96 bits per heavy atom. The minimum atomic E-state index is -0.0436. The number of benzene rings is 1. The third-order valence-electron chi connectivity index (χ3n) is 4.81. The van der Waals surface area contributed by atoms with E-state index in [1.54, 1.807) is 11.9 Å². The maximum atomic E-state index is 12.8. The number of hydrogen-bond acceptors (Lipinski definition) is 5. The van der Waals surface area contributed by atoms with E-state index in [9.17, 15) is 4.79 Å². The Morgan fingerprint density at radius 3 is 2.70 bits per heavy atom. The van der Waals surface area contributed by atoms with E-state index < -0.39 is 0 Å². The zero-order valence-electron chi connectivity index (χ0n) is 16.4. The molecule has 6 nitrogen and oxygen atoms in total. The van der Waals surface area contributed by atoms with Crippen molar-refractivity contribution >= 4 is 5.91 Å². The SMILES string of the molecule is Cc1ccccc1OCCN(C)C(=O)c1cc(CN2CCOCC2)oc1C. The van der Waals surface area contributed by atoms with Gasteiger partial charge < -0.3 is 18.8 Å². The molecule has 0 N–H and O–H groups in total. The molecular weight excluding hydrogens is 344 g/mol. The van der Waals surface area contributed by atoms with E-state index >= 15 is 0 Å². The van der Waals surface area contributed by atoms with Crippen LogP contribution in [0.1, 0.15) is 27.4 Å². The summed E-state index contributed by atoms with van der Waals surface area (Å²) in [6.45, 7) is 8.78. The number of nitrogens with zero attached hydrogens (tertiary/aromatic N) is 2. The van der Waals surface area contributed by atoms with Crippen LogP contribution in [0.4, 0.5) is 0 Å². The molecule has 0 unspecified atom stereocenters. The van der Waals surface area contributed by atoms with E-state index in [2.05, 4.69) is 4.90 Å². The molecule has 1 saturated heterocycles. The van der Waals surface area contributed by atoms with Crippen LogP contribution in [0.3, 0.4) is 0 Å². The Bertz CT molecular complexity index is 765. The Morgan fingerprint density at radius 1 is 1.22 bits per heavy atom. The van der Waals surface area contributed by atoms with Crippen molar-refractivity contribution < 1.29 is 18.7 Å². The summed E-state index contributed by atoms with van der Waals surface area (Å²) in [5, 5.41) is 0. The number of likely N-dealkylation sites (N-methyl/N-ethyl adjacent to an activating group) is 1. The molecule has 3 rings (SSSR count). The molecule has 0 saturated carbocycles. The van der Waals surface area contributed by atoms with Crippen molar-refractivity contribution in [3.05, 3.63) is 53.0 Å². The van der Waals surface area contributed by atoms with Gasteiger partial charge in [-0.3, -0.25) is 9.69 Å². The number of morpholine rings is 1. The van der Waals surface area contributed by atoms with E-state index in [1.807, 2.05) is 44.2 Å². The predicted octanol–water partition coefficient (Wildman–Crippen LogP) is 2.88. The minimum Gasteiger partial charge on any atom is -0.491 e. The van der Waals surface area contributed by atoms with Gasteiger partial charge in [0.05, 0.1) is 31.9 Å². The Kier molecular flexibility index (Phi) is 6.53. The number of carbonyl (C=O) groups excluding carboxylic acids is 1. The summed E-state index contributed by atoms with van der Waals surface area (Å²) in [5.41, 5.74) is 1.71. The maximum Gasteiger partial charge on any atom is 0.257 e. The standard InChI is InChI=1S/C21H28N2O4/c1-16-6-4-5-7-20(16)26-13-8-22(3)21(24)19-14-18(27-17(19)2)15-23-9-11-25-12-10-23/h4-7,14H,8-13,15H2,1-3H3. The summed E-state index contributed by atoms with van der Waals surface area (Å²) < 4.78 is 17.0. The van der Waals surface area contributed by atoms with Crippen molar-refractivity contribution in [3.63, 3.8) is 0 Å². The van der Waals surface area contributed by atoms with Gasteiger partial charge in [0, 0.05) is 20.1 Å². The lowest BCUT2D eigenvalue weighted by molar-refractivity contribution is 0.0312. The van der Waals surface area contributed by atoms with Crippen LogP contribution < -0.4 is 4.74 Å². The average Bonchev–Trinajstić information content (AvgIpc) is 3.03. The number of hydrogen-bond donors (Lipinski definition) is 0. The highest BCUT2D eigenvalue weighted by molar-refractivity contribution is 5.95. The summed E-state index contributed by atoms with van der Waals surface area (Å²) in [5.74, 6) is 2.29. The van der Waals surface area contributed by atoms with Crippen LogP contribution in [0.5, 0.6) is 5.75 Å². The van der Waals surface area contributed by atoms with Crippen LogP contribution in [0.2, 0.25) is 0 Å². The summed E-state index contributed by atoms with van der Waals surface area (Å²) in [6, 6.07) is 9.74. The van der Waals surface area contributed by atoms with Gasteiger partial charge in [0.2, 0.25) is 0 Å². The van der Waals surface area contributed by atoms with Gasteiger partial charge in [-0.2, -0.15) is 0 Å². The van der Waals surface area contributed by atoms with Crippen molar-refractivity contribution in [1.29, 1.82) is 0 Å². The highest BCUT2D eigenvalue weighted by atomic mass is 16.5. The molecular formula is C21H28N2O4. The number of aryl methyl sites for hydroxylation is 2. The second-order valence-corrected chi connectivity index (χ2v) is 6.91. The molecule has 0 bridgehead atoms. The first kappa shape index (κ1) is 19.5. The number of carbonyl (C=O) groups is 1. The van der Waals surface area contributed by atoms with Crippen LogP contribution in [0, 0.1) is 13.8 Å². The van der Waals surface area contributed by atoms with Crippen LogP contribution in [-0.4, -0.2) is 62.2 Å². The van der Waals surface area contributed by atoms with Crippen molar-refractivity contribution in [2.75, 3.05) is 46.5 Å². The van der Waals surface area contributed by atoms with Crippen molar-refractivity contribution in [2.24, 2.45) is 0 Å². The van der Waals surface area contributed by atoms with Crippen LogP contribution in [-0.2, 0) is 11.3 Å². The first-order valence-corrected chi connectivity index (χ1v) is 9.38. The van der Waals surface area contributed by atoms with Crippen LogP contribution in [0.25, 0.3) is 0 Å². The lowest BCUT2D eigenvalue weighted by atomic mass is 10.2. The Balaban J connectivity index is 1.54. The van der Waals surface area contributed by atoms with Crippen LogP contribution >= 0.6 is 0 Å². The molecule has 0 radical (unpaired) electrons. The number of amides is 1. The largest absolute Gasteiger partial charge is 0.491 e. The fourth-order valence-electron chi connectivity index (χ4n) is 3.13. The normalized spacial score (nSPS) is 14.9. The van der Waals surface area contributed by atoms with Gasteiger partial charge in [-0.25, -0.2) is 0 Å². The van der Waals surface area contributed by atoms with Gasteiger partial charge in [0.15, 0.2) is 0 Å². The van der Waals surface area contributed by atoms with Gasteiger partial charge >= 0.3 is 0 Å². The topological polar surface area (TPSA) is 55.2 Å². The maximum absolute atomic E-state index is 12.8. The van der Waals surface area contributed by atoms with E-state index in [0.717, 1.165) is 43.4 Å². The number of rotatable bonds is 7. The van der Waals surface area contributed by atoms with Gasteiger partial charge in [0.25, 0.3) is 5.91 Å². The monoisotopic (exact) mass is 372 g/mol. The summed E-state index contributed by atoms with van der Waals surface area (Å²) in [6.07, 6.45) is 0. The summed E-state index contributed by atoms with van der Waals surface area (Å²) in [7, 11) is 1.79. The molecule has 1 aliphatic rings. The second-order valence-electron chi connectivity index (χ2n) is 6.91. The first-order valence-electron chi connectivity index (χ1n) is 9.38. The lowest BCUT2D eigenvalue weighted by Gasteiger charge is -2.25. The van der Waals surface area contributed by atoms with E-state index in [-0.39, 0.29) is 5.91 Å². The minimum absolute atomic E-state index is 0.0436. The summed E-state index contributed by atoms with van der Waals surface area (Å²) >= 11 is 0. The average molecular weight is 372 g/mol. The zero-order chi connectivity index (χ0) is 19.2. The molecule has 1 fully saturated rings. The van der Waals surface area contributed by atoms with E-state index in [1.165, 1.54) is 0 Å². The summed E-state index contributed by atoms with van der Waals surface area (Å²) in [4.78, 5) is 16.7. The highest BCUT2D eigenvalue weighted by Crippen LogP contribution is 2.19. The fraction of sp³-hybridized carbons (Fsp3) is 0.476. The zero-order valence-corrected chi connectivity index (χ0v) is 16.4. The van der Waals surface area contributed by atoms with Crippen molar-refractivity contribution in [1.82, 2.24) is 9.80 Å². The molecule has 0 spiro atoms. The first-order chi connectivity index (χ1) is 13.0. The number of ether oxygens (including phenoxy) is 2. The molecule has 2 heterocycles. The molecule has 1 aliphatic heterocycles. The van der Waals surface area contributed by atoms with Gasteiger partial charge in [-0.05, 0) is 31.5 Å². The molecule has 1 aromatic carbocycles. The van der Waals surface area contributed by atoms with Gasteiger partial charge in [-0.15, -0.1) is 0 Å². The predicted molar refractivity (Wildman–Crippen MR) is 103 cm³/mol. The second kappa shape index (κ2) is 9.06. The molecule has 0 atom stereocenters. The third kappa shape index (κ3) is 5.11. The number of para-hydroxylation sites is 1. The molecule has 0 aliphatic carbocycles. The van der Waals surface area contributed by atoms with Crippen molar-refractivity contribution in [3.8, 4) is 5.75 Å². The quantitative estimate of drug-likeness (QED) is 0.748. The molecule has 1 aromatic heterocycles. The highest BCUT2D eigenvalue weighted by Gasteiger charge is 2.20. The number of furan rings is 1. The van der Waals surface area contributed by atoms with Crippen molar-refractivity contribution in [2.45, 2.75) is 20.4 Å². The molecule has 2 aromatic rings. The van der Waals surface area contributed by atoms with Crippen LogP contribution in [0.15, 0.2) is 34.7 Å².